The lowest BCUT2D eigenvalue weighted by atomic mass is 9.97. The van der Waals surface area contributed by atoms with E-state index in [0.29, 0.717) is 19.2 Å². The molecule has 0 radical (unpaired) electrons. The van der Waals surface area contributed by atoms with Gasteiger partial charge in [0, 0.05) is 18.2 Å². The van der Waals surface area contributed by atoms with Gasteiger partial charge in [0.1, 0.15) is 11.6 Å². The van der Waals surface area contributed by atoms with Crippen LogP contribution in [0.15, 0.2) is 27.6 Å². The lowest BCUT2D eigenvalue weighted by Crippen LogP contribution is -2.27. The predicted molar refractivity (Wildman–Crippen MR) is 86.0 cm³/mol. The first-order chi connectivity index (χ1) is 11.8. The average molecular weight is 347 g/mol. The van der Waals surface area contributed by atoms with Gasteiger partial charge in [0.15, 0.2) is 5.69 Å². The van der Waals surface area contributed by atoms with Crippen molar-refractivity contribution in [1.82, 2.24) is 9.88 Å². The summed E-state index contributed by atoms with van der Waals surface area (Å²) < 4.78 is 32.0. The number of benzene rings is 1. The Morgan fingerprint density at radius 2 is 1.88 bits per heavy atom. The van der Waals surface area contributed by atoms with E-state index >= 15 is 0 Å². The molecule has 0 amide bonds. The summed E-state index contributed by atoms with van der Waals surface area (Å²) in [6.07, 6.45) is -0.175. The number of likely N-dealkylation sites (N-methyl/N-ethyl adjacent to an activating group) is 1. The molecule has 3 rings (SSSR count). The molecule has 0 bridgehead atoms. The van der Waals surface area contributed by atoms with Crippen LogP contribution in [0.3, 0.4) is 0 Å². The van der Waals surface area contributed by atoms with E-state index in [9.17, 15) is 18.4 Å². The minimum atomic E-state index is -0.810. The van der Waals surface area contributed by atoms with Crippen LogP contribution < -0.4 is 0 Å². The van der Waals surface area contributed by atoms with Gasteiger partial charge in [-0.2, -0.15) is 0 Å². The summed E-state index contributed by atoms with van der Waals surface area (Å²) in [7, 11) is 3.74. The Kier molecular flexibility index (Phi) is 4.54. The number of carbonyl (C=O) groups excluding carboxylic acids is 2. The molecule has 0 saturated carbocycles. The molecule has 0 aliphatic heterocycles. The largest absolute Gasteiger partial charge is 0.432 e. The molecule has 0 fully saturated rings. The number of fused-ring (bicyclic) bond motifs is 1. The molecule has 1 heterocycles. The van der Waals surface area contributed by atoms with Gasteiger partial charge in [-0.15, -0.1) is 0 Å². The van der Waals surface area contributed by atoms with Gasteiger partial charge in [0.25, 0.3) is 0 Å². The van der Waals surface area contributed by atoms with Crippen molar-refractivity contribution in [1.29, 1.82) is 0 Å². The molecule has 1 aliphatic rings. The van der Waals surface area contributed by atoms with E-state index in [1.54, 1.807) is 0 Å². The van der Waals surface area contributed by atoms with Crippen LogP contribution >= 0.6 is 0 Å². The highest BCUT2D eigenvalue weighted by molar-refractivity contribution is 6.52. The molecule has 1 aromatic heterocycles. The summed E-state index contributed by atoms with van der Waals surface area (Å²) in [4.78, 5) is 34.7. The van der Waals surface area contributed by atoms with Gasteiger partial charge < -0.3 is 9.32 Å². The highest BCUT2D eigenvalue weighted by Gasteiger charge is 2.35. The monoisotopic (exact) mass is 347 g/mol. The van der Waals surface area contributed by atoms with Crippen molar-refractivity contribution < 1.29 is 22.8 Å². The molecular weight excluding hydrogens is 332 g/mol. The molecular formula is C17H15F2N3O3. The third-order valence-electron chi connectivity index (χ3n) is 3.64. The van der Waals surface area contributed by atoms with Gasteiger partial charge in [0.2, 0.25) is 23.2 Å². The Labute approximate surface area is 142 Å². The van der Waals surface area contributed by atoms with E-state index in [1.807, 2.05) is 19.0 Å². The third kappa shape index (κ3) is 3.53. The highest BCUT2D eigenvalue weighted by atomic mass is 19.1. The maximum absolute atomic E-state index is 13.4. The van der Waals surface area contributed by atoms with E-state index in [0.717, 1.165) is 12.1 Å². The van der Waals surface area contributed by atoms with Gasteiger partial charge in [0.05, 0.1) is 18.7 Å². The fourth-order valence-electron chi connectivity index (χ4n) is 2.43. The van der Waals surface area contributed by atoms with Crippen molar-refractivity contribution in [2.24, 2.45) is 4.99 Å². The summed E-state index contributed by atoms with van der Waals surface area (Å²) in [6.45, 7) is 1.00. The first-order valence-electron chi connectivity index (χ1n) is 7.58. The number of Topliss-reactive ketones (excluding diaryl/α,β-unsaturated/α-hetero) is 2. The minimum Gasteiger partial charge on any atom is -0.432 e. The lowest BCUT2D eigenvalue weighted by Gasteiger charge is -2.10. The standard InChI is InChI=1S/C17H15F2N3O3/c1-22(2)4-3-20-12-8-13(23)16-14(15(12)24)21-17(25-16)9-5-10(18)7-11(19)6-9/h5-7H,3-4,8H2,1-2H3. The predicted octanol–water partition coefficient (Wildman–Crippen LogP) is 2.39. The van der Waals surface area contributed by atoms with Gasteiger partial charge in [-0.1, -0.05) is 0 Å². The molecule has 0 N–H and O–H groups in total. The van der Waals surface area contributed by atoms with E-state index in [2.05, 4.69) is 9.98 Å². The van der Waals surface area contributed by atoms with Crippen molar-refractivity contribution >= 4 is 17.3 Å². The second-order valence-corrected chi connectivity index (χ2v) is 5.92. The molecule has 1 aromatic carbocycles. The molecule has 0 atom stereocenters. The second kappa shape index (κ2) is 6.64. The molecule has 1 aliphatic carbocycles. The number of aliphatic imine (C=N–C) groups is 1. The minimum absolute atomic E-state index is 0.0126. The first kappa shape index (κ1) is 17.1. The van der Waals surface area contributed by atoms with Crippen LogP contribution in [0.5, 0.6) is 0 Å². The van der Waals surface area contributed by atoms with E-state index in [-0.39, 0.29) is 35.0 Å². The quantitative estimate of drug-likeness (QED) is 0.849. The van der Waals surface area contributed by atoms with Crippen LogP contribution in [0.25, 0.3) is 11.5 Å². The Morgan fingerprint density at radius 1 is 1.20 bits per heavy atom. The maximum Gasteiger partial charge on any atom is 0.229 e. The first-order valence-corrected chi connectivity index (χ1v) is 7.58. The number of rotatable bonds is 4. The number of aromatic nitrogens is 1. The number of nitrogens with zero attached hydrogens (tertiary/aromatic N) is 3. The Hall–Kier alpha value is -2.74. The van der Waals surface area contributed by atoms with E-state index in [1.165, 1.54) is 0 Å². The molecule has 0 unspecified atom stereocenters. The zero-order valence-electron chi connectivity index (χ0n) is 13.7. The Morgan fingerprint density at radius 3 is 2.52 bits per heavy atom. The van der Waals surface area contributed by atoms with Crippen molar-refractivity contribution in [2.45, 2.75) is 6.42 Å². The SMILES string of the molecule is CN(C)CCN=C1CC(=O)c2oc(-c3cc(F)cc(F)c3)nc2C1=O. The Balaban J connectivity index is 1.95. The number of hydrogen-bond acceptors (Lipinski definition) is 6. The number of hydrogen-bond donors (Lipinski definition) is 0. The molecule has 8 heteroatoms. The average Bonchev–Trinajstić information content (AvgIpc) is 2.97. The molecule has 25 heavy (non-hydrogen) atoms. The van der Waals surface area contributed by atoms with Crippen LogP contribution in [0.4, 0.5) is 8.78 Å². The maximum atomic E-state index is 13.4. The summed E-state index contributed by atoms with van der Waals surface area (Å²) in [6, 6.07) is 2.74. The van der Waals surface area contributed by atoms with Crippen LogP contribution in [-0.4, -0.2) is 54.3 Å². The third-order valence-corrected chi connectivity index (χ3v) is 3.64. The molecule has 130 valence electrons. The van der Waals surface area contributed by atoms with E-state index in [4.69, 9.17) is 4.42 Å². The lowest BCUT2D eigenvalue weighted by molar-refractivity contribution is 0.0940. The normalized spacial score (nSPS) is 16.0. The molecule has 6 nitrogen and oxygen atoms in total. The number of ketones is 2. The van der Waals surface area contributed by atoms with Gasteiger partial charge in [-0.05, 0) is 26.2 Å². The summed E-state index contributed by atoms with van der Waals surface area (Å²) in [5.74, 6) is -2.94. The van der Waals surface area contributed by atoms with Crippen LogP contribution in [0.1, 0.15) is 27.5 Å². The number of carbonyl (C=O) groups is 2. The topological polar surface area (TPSA) is 75.8 Å². The van der Waals surface area contributed by atoms with Crippen molar-refractivity contribution in [2.75, 3.05) is 27.2 Å². The van der Waals surface area contributed by atoms with Crippen LogP contribution in [-0.2, 0) is 0 Å². The zero-order valence-corrected chi connectivity index (χ0v) is 13.7. The summed E-state index contributed by atoms with van der Waals surface area (Å²) in [5.41, 5.74) is -0.0391. The number of halogens is 2. The van der Waals surface area contributed by atoms with Crippen molar-refractivity contribution in [3.05, 3.63) is 41.3 Å². The molecule has 0 saturated heterocycles. The van der Waals surface area contributed by atoms with Crippen molar-refractivity contribution in [3.8, 4) is 11.5 Å². The van der Waals surface area contributed by atoms with Gasteiger partial charge in [-0.3, -0.25) is 14.6 Å². The fourth-order valence-corrected chi connectivity index (χ4v) is 2.43. The van der Waals surface area contributed by atoms with Gasteiger partial charge in [-0.25, -0.2) is 13.8 Å². The smallest absolute Gasteiger partial charge is 0.229 e. The fraction of sp³-hybridized carbons (Fsp3) is 0.294. The highest BCUT2D eigenvalue weighted by Crippen LogP contribution is 2.27. The molecule has 2 aromatic rings. The molecule has 0 spiro atoms. The second-order valence-electron chi connectivity index (χ2n) is 5.92. The summed E-state index contributed by atoms with van der Waals surface area (Å²) in [5, 5.41) is 0. The summed E-state index contributed by atoms with van der Waals surface area (Å²) >= 11 is 0. The zero-order chi connectivity index (χ0) is 18.1. The van der Waals surface area contributed by atoms with Crippen LogP contribution in [0, 0.1) is 11.6 Å². The number of oxazole rings is 1. The van der Waals surface area contributed by atoms with Gasteiger partial charge >= 0.3 is 0 Å². The van der Waals surface area contributed by atoms with Crippen LogP contribution in [0.2, 0.25) is 0 Å². The van der Waals surface area contributed by atoms with Crippen molar-refractivity contribution in [3.63, 3.8) is 0 Å². The van der Waals surface area contributed by atoms with E-state index < -0.39 is 23.2 Å². The Bertz CT molecular complexity index is 867.